The fourth-order valence-corrected chi connectivity index (χ4v) is 8.59. The minimum atomic E-state index is -2.02. The molecule has 116 heavy (non-hydrogen) atoms. The first kappa shape index (κ1) is 138. The second kappa shape index (κ2) is 63.0. The first-order chi connectivity index (χ1) is 49.7. The van der Waals surface area contributed by atoms with Crippen LogP contribution in [0.15, 0.2) is 0 Å². The van der Waals surface area contributed by atoms with Crippen molar-refractivity contribution in [2.75, 3.05) is 81.2 Å². The van der Waals surface area contributed by atoms with Gasteiger partial charge in [-0.05, 0) is 179 Å². The Bertz CT molecular complexity index is 2770. The van der Waals surface area contributed by atoms with E-state index in [1.807, 2.05) is 20.8 Å². The summed E-state index contributed by atoms with van der Waals surface area (Å²) in [7, 11) is 6.40. The zero-order chi connectivity index (χ0) is 91.4. The number of hydrogen-bond acceptors (Lipinski definition) is 31. The van der Waals surface area contributed by atoms with Crippen LogP contribution < -0.4 is 57.0 Å². The summed E-state index contributed by atoms with van der Waals surface area (Å²) in [5.41, 5.74) is 6.11. The first-order valence-electron chi connectivity index (χ1n) is 35.4. The van der Waals surface area contributed by atoms with E-state index in [1.54, 1.807) is 109 Å². The number of carbonyl (C=O) groups is 10. The maximum Gasteiger partial charge on any atom is 1.00 e. The predicted octanol–water partition coefficient (Wildman–Crippen LogP) is 7.83. The number of carboxylic acids is 1. The predicted molar refractivity (Wildman–Crippen MR) is 456 cm³/mol. The molecule has 45 heteroatoms. The SMILES string of the molecule is C.CC(C)(C)OC(=O)N1C[C@@H]1CO[Si](C)(C)C(C)(C)C.CC(C)(C)OC(=O)N[C@@H](CO)CO[Si](C)(C)C(C)(C)C.CC(C)(C)OC(=O)OC(=O)OC(C)(C)C.CO.COC(=O)[C@@H](CO)NC(=O)OC(C)(C)C.COC(=O)[C@@H](CO[Si](C)(C)C(C)(C)C)NC(=O)OC(C)(C)C.COC(=O)[C@H](N)CO.Cl.N[C@H](CO)C(=O)O.O=S(Cl)Cl.[B].[H-].[Na+]. The summed E-state index contributed by atoms with van der Waals surface area (Å²) in [6.45, 7) is 63.9. The quantitative estimate of drug-likeness (QED) is 0.0138. The van der Waals surface area contributed by atoms with Gasteiger partial charge >= 0.3 is 90.1 Å². The molecule has 0 spiro atoms. The number of alkyl carbamates (subject to hydrolysis) is 3. The van der Waals surface area contributed by atoms with Crippen molar-refractivity contribution in [3.63, 3.8) is 0 Å². The number of esters is 3. The van der Waals surface area contributed by atoms with Gasteiger partial charge in [-0.2, -0.15) is 0 Å². The van der Waals surface area contributed by atoms with Gasteiger partial charge in [0.1, 0.15) is 45.7 Å². The maximum absolute atomic E-state index is 11.8. The first-order valence-corrected chi connectivity index (χ1v) is 46.9. The number of aliphatic carboxylic acids is 1. The molecule has 0 aromatic heterocycles. The molecular formula is C71H152BCl3N6NaO30SSi3. The van der Waals surface area contributed by atoms with Crippen LogP contribution in [0.2, 0.25) is 54.4 Å². The zero-order valence-electron chi connectivity index (χ0n) is 76.9. The molecule has 0 aromatic rings. The summed E-state index contributed by atoms with van der Waals surface area (Å²) in [6, 6.07) is -4.23. The Morgan fingerprint density at radius 1 is 0.466 bits per heavy atom. The van der Waals surface area contributed by atoms with Gasteiger partial charge in [0, 0.05) is 43.4 Å². The Morgan fingerprint density at radius 2 is 0.741 bits per heavy atom. The van der Waals surface area contributed by atoms with Gasteiger partial charge < -0.3 is 120 Å². The Morgan fingerprint density at radius 3 is 0.983 bits per heavy atom. The van der Waals surface area contributed by atoms with Crippen LogP contribution >= 0.6 is 33.8 Å². The number of aliphatic hydroxyl groups is 5. The van der Waals surface area contributed by atoms with Crippen LogP contribution in [0.5, 0.6) is 0 Å². The molecular weight excluding hydrogens is 1670 g/mol. The third kappa shape index (κ3) is 81.1. The van der Waals surface area contributed by atoms with E-state index in [4.69, 9.17) is 87.6 Å². The minimum Gasteiger partial charge on any atom is -1.00 e. The molecule has 0 aromatic carbocycles. The standard InChI is InChI=1S/C15H31NO5Si.C14H31NO4Si.C14H29NO3Si.C10H18O5.C9H17NO5.C4H9NO3.C3H7NO3.CH4O.CH4.B.Cl2OS.ClH.Na.H/c1-14(2,3)21-13(18)16-11(12(17)19-7)10-20-22(8,9)15(4,5)6;1-13(2,3)19-12(17)15-11(9-16)10-18-20(7,8)14(4,5)6;1-13(2,3)18-12(16)15-9-11(15)10-17-19(7,8)14(4,5)6;1-9(2,3)14-7(11)13-8(12)15-10(4,5)6;1-9(2,3)15-8(13)10-6(5-11)7(12)14-4;1-8-4(7)3(5)2-6;4-2(1-5)3(6)7;1-2;;;1-4(2)3;;;/h11H,10H2,1-9H3,(H,16,18);11,16H,9-10H2,1-8H3,(H,15,17);11H,9-10H2,1-8H3;1-6H3;6,11H,5H2,1-4H3,(H,10,13);3,6H,2,5H2,1H3;2,5H,1,4H2,(H,6,7);2H,1H3;1H4;;;1H;;/q;;;;;;;;;;;;+1;-1/t2*11-;11-,15?;;6-;3-;2-;;;;;;;/m101.111......./s1. The Kier molecular flexibility index (Phi) is 75.0. The van der Waals surface area contributed by atoms with Crippen LogP contribution in [0.3, 0.4) is 0 Å². The third-order valence-corrected chi connectivity index (χ3v) is 27.8. The number of carboxylic acid groups (broad SMARTS) is 1. The van der Waals surface area contributed by atoms with Crippen LogP contribution in [-0.4, -0.2) is 285 Å². The van der Waals surface area contributed by atoms with Gasteiger partial charge in [0.25, 0.3) is 0 Å². The number of amides is 4. The average molecular weight is 1830 g/mol. The molecule has 1 heterocycles. The number of rotatable bonds is 20. The van der Waals surface area contributed by atoms with E-state index in [0.717, 1.165) is 13.7 Å². The van der Waals surface area contributed by atoms with Crippen molar-refractivity contribution in [3.05, 3.63) is 0 Å². The van der Waals surface area contributed by atoms with E-state index in [-0.39, 0.29) is 106 Å². The Hall–Kier alpha value is -3.96. The summed E-state index contributed by atoms with van der Waals surface area (Å²) in [5, 5.41) is 56.9. The molecule has 1 aliphatic heterocycles. The molecule has 1 aliphatic rings. The monoisotopic (exact) mass is 1820 g/mol. The third-order valence-electron chi connectivity index (χ3n) is 14.3. The number of carbonyl (C=O) groups excluding carboxylic acids is 9. The molecule has 13 N–H and O–H groups in total. The number of halogens is 3. The molecule has 0 bridgehead atoms. The Balaban J connectivity index is -0.0000000983. The van der Waals surface area contributed by atoms with Crippen molar-refractivity contribution >= 4 is 137 Å². The number of nitrogens with one attached hydrogen (secondary N) is 3. The topological polar surface area (TPSA) is 520 Å². The Labute approximate surface area is 738 Å². The second-order valence-corrected chi connectivity index (χ2v) is 51.8. The minimum absolute atomic E-state index is 0. The molecule has 3 radical (unpaired) electrons. The van der Waals surface area contributed by atoms with E-state index in [2.05, 4.69) is 153 Å². The van der Waals surface area contributed by atoms with Crippen molar-refractivity contribution in [2.24, 2.45) is 11.5 Å². The molecule has 0 aliphatic carbocycles. The van der Waals surface area contributed by atoms with Gasteiger partial charge in [0.05, 0.1) is 79.7 Å². The van der Waals surface area contributed by atoms with E-state index >= 15 is 0 Å². The summed E-state index contributed by atoms with van der Waals surface area (Å²) in [4.78, 5) is 113. The van der Waals surface area contributed by atoms with Crippen LogP contribution in [-0.2, 0) is 89.1 Å². The van der Waals surface area contributed by atoms with Crippen LogP contribution in [0.4, 0.5) is 28.8 Å². The molecule has 6 atom stereocenters. The van der Waals surface area contributed by atoms with Gasteiger partial charge in [0.2, 0.25) is 9.23 Å². The van der Waals surface area contributed by atoms with E-state index in [1.165, 1.54) is 21.3 Å². The fourth-order valence-electron chi connectivity index (χ4n) is 5.48. The normalized spacial score (nSPS) is 13.9. The summed E-state index contributed by atoms with van der Waals surface area (Å²) in [6.07, 6.45) is -4.31. The molecule has 4 amide bonds. The molecule has 689 valence electrons. The summed E-state index contributed by atoms with van der Waals surface area (Å²) in [5.74, 6) is -3.04. The molecule has 1 fully saturated rings. The number of ether oxygens (including phenoxy) is 10. The molecule has 0 unspecified atom stereocenters. The molecule has 1 saturated heterocycles. The molecule has 0 saturated carbocycles. The van der Waals surface area contributed by atoms with E-state index < -0.39 is 166 Å². The van der Waals surface area contributed by atoms with Gasteiger partial charge in [-0.1, -0.05) is 69.7 Å². The number of nitrogens with zero attached hydrogens (tertiary/aromatic N) is 1. The number of hydrogen-bond donors (Lipinski definition) is 11. The largest absolute Gasteiger partial charge is 1.00 e. The molecule has 1 rings (SSSR count). The van der Waals surface area contributed by atoms with Crippen LogP contribution in [0, 0.1) is 0 Å². The van der Waals surface area contributed by atoms with Crippen molar-refractivity contribution in [1.82, 2.24) is 20.9 Å². The van der Waals surface area contributed by atoms with Gasteiger partial charge in [0.15, 0.2) is 37.0 Å². The van der Waals surface area contributed by atoms with Crippen molar-refractivity contribution in [2.45, 2.75) is 319 Å². The number of aliphatic hydroxyl groups excluding tert-OH is 5. The maximum atomic E-state index is 11.8. The summed E-state index contributed by atoms with van der Waals surface area (Å²) < 4.78 is 74.8. The molecule has 36 nitrogen and oxygen atoms in total. The zero-order valence-corrected chi connectivity index (χ0v) is 84.0. The fraction of sp³-hybridized carbons (Fsp3) is 0.859. The van der Waals surface area contributed by atoms with Gasteiger partial charge in [-0.3, -0.25) is 14.5 Å². The summed E-state index contributed by atoms with van der Waals surface area (Å²) >= 11 is 0. The van der Waals surface area contributed by atoms with Crippen molar-refractivity contribution in [1.29, 1.82) is 0 Å². The van der Waals surface area contributed by atoms with Gasteiger partial charge in [-0.25, -0.2) is 42.6 Å². The van der Waals surface area contributed by atoms with Crippen LogP contribution in [0.1, 0.15) is 196 Å². The van der Waals surface area contributed by atoms with Gasteiger partial charge in [-0.15, -0.1) is 12.4 Å². The van der Waals surface area contributed by atoms with Crippen molar-refractivity contribution in [3.8, 4) is 0 Å². The van der Waals surface area contributed by atoms with Crippen LogP contribution in [0.25, 0.3) is 0 Å². The number of methoxy groups -OCH3 is 3. The second-order valence-electron chi connectivity index (χ2n) is 34.8. The number of nitrogens with two attached hydrogens (primary N) is 2. The van der Waals surface area contributed by atoms with E-state index in [0.29, 0.717) is 13.2 Å². The van der Waals surface area contributed by atoms with Crippen molar-refractivity contribution < 1.29 is 174 Å². The van der Waals surface area contributed by atoms with E-state index in [9.17, 15) is 53.1 Å². The smallest absolute Gasteiger partial charge is 1.00 e. The average Bonchev–Trinajstić information content (AvgIpc) is 1.67.